The Bertz CT molecular complexity index is 1380. The van der Waals surface area contributed by atoms with Crippen molar-refractivity contribution in [2.45, 2.75) is 51.7 Å². The molecule has 1 atom stereocenters. The average molecular weight is 614 g/mol. The highest BCUT2D eigenvalue weighted by Crippen LogP contribution is 2.27. The van der Waals surface area contributed by atoms with Crippen molar-refractivity contribution in [1.82, 2.24) is 25.0 Å². The first-order valence-corrected chi connectivity index (χ1v) is 14.8. The molecule has 4 rings (SSSR count). The zero-order valence-electron chi connectivity index (χ0n) is 25.0. The number of carbonyl (C=O) groups excluding carboxylic acids is 4. The van der Waals surface area contributed by atoms with Crippen LogP contribution in [0, 0.1) is 6.92 Å². The van der Waals surface area contributed by atoms with E-state index in [0.29, 0.717) is 36.8 Å². The maximum Gasteiger partial charge on any atom is 0.409 e. The van der Waals surface area contributed by atoms with Crippen LogP contribution >= 0.6 is 0 Å². The van der Waals surface area contributed by atoms with Crippen LogP contribution in [0.15, 0.2) is 24.3 Å². The number of aryl methyl sites for hydroxylation is 1. The number of aromatic nitrogens is 1. The van der Waals surface area contributed by atoms with Gasteiger partial charge >= 0.3 is 12.1 Å². The molecule has 0 radical (unpaired) electrons. The lowest BCUT2D eigenvalue weighted by atomic mass is 10.1. The van der Waals surface area contributed by atoms with Gasteiger partial charge in [-0.05, 0) is 50.8 Å². The Morgan fingerprint density at radius 3 is 2.34 bits per heavy atom. The van der Waals surface area contributed by atoms with Gasteiger partial charge in [-0.1, -0.05) is 6.07 Å². The number of aliphatic carboxylic acids is 1. The molecule has 238 valence electrons. The van der Waals surface area contributed by atoms with Crippen molar-refractivity contribution in [2.24, 2.45) is 0 Å². The topological polar surface area (TPSA) is 179 Å². The molecule has 0 saturated carbocycles. The smallest absolute Gasteiger partial charge is 0.409 e. The van der Waals surface area contributed by atoms with Gasteiger partial charge in [0.2, 0.25) is 5.91 Å². The molecule has 2 saturated heterocycles. The molecule has 14 heteroatoms. The molecule has 4 amide bonds. The SMILES string of the molecule is CCOC(=O)N1CCN(C(=O)[C@H](CCC(=O)O)NC(=O)c2cc(OCC(=O)N3CCC(O)CC3)c3ccc(C)cc3n2)CC1. The van der Waals surface area contributed by atoms with E-state index in [0.717, 1.165) is 5.56 Å². The maximum atomic E-state index is 13.5. The molecule has 2 fully saturated rings. The molecule has 2 aliphatic rings. The number of carbonyl (C=O) groups is 5. The van der Waals surface area contributed by atoms with Crippen LogP contribution < -0.4 is 10.1 Å². The molecule has 2 aromatic rings. The quantitative estimate of drug-likeness (QED) is 0.352. The molecule has 0 spiro atoms. The van der Waals surface area contributed by atoms with Gasteiger partial charge in [-0.25, -0.2) is 9.78 Å². The highest BCUT2D eigenvalue weighted by molar-refractivity contribution is 5.99. The van der Waals surface area contributed by atoms with Crippen molar-refractivity contribution in [3.8, 4) is 5.75 Å². The number of ether oxygens (including phenoxy) is 2. The summed E-state index contributed by atoms with van der Waals surface area (Å²) in [5.74, 6) is -2.28. The Labute approximate surface area is 254 Å². The van der Waals surface area contributed by atoms with Gasteiger partial charge in [0.05, 0.1) is 18.2 Å². The molecule has 1 aromatic heterocycles. The van der Waals surface area contributed by atoms with E-state index in [4.69, 9.17) is 9.47 Å². The molecule has 44 heavy (non-hydrogen) atoms. The lowest BCUT2D eigenvalue weighted by Crippen LogP contribution is -2.56. The Morgan fingerprint density at radius 1 is 1.00 bits per heavy atom. The molecule has 14 nitrogen and oxygen atoms in total. The van der Waals surface area contributed by atoms with Gasteiger partial charge in [-0.2, -0.15) is 0 Å². The van der Waals surface area contributed by atoms with E-state index in [2.05, 4.69) is 10.3 Å². The van der Waals surface area contributed by atoms with Crippen molar-refractivity contribution in [3.63, 3.8) is 0 Å². The minimum Gasteiger partial charge on any atom is -0.483 e. The summed E-state index contributed by atoms with van der Waals surface area (Å²) in [6.45, 7) is 5.27. The fraction of sp³-hybridized carbons (Fsp3) is 0.533. The number of aliphatic hydroxyl groups excluding tert-OH is 1. The first-order valence-electron chi connectivity index (χ1n) is 14.8. The van der Waals surface area contributed by atoms with E-state index in [-0.39, 0.29) is 69.6 Å². The minimum atomic E-state index is -1.15. The van der Waals surface area contributed by atoms with E-state index >= 15 is 0 Å². The van der Waals surface area contributed by atoms with E-state index in [9.17, 15) is 34.2 Å². The van der Waals surface area contributed by atoms with E-state index < -0.39 is 36.0 Å². The first kappa shape index (κ1) is 32.5. The fourth-order valence-corrected chi connectivity index (χ4v) is 5.19. The van der Waals surface area contributed by atoms with Crippen LogP contribution in [-0.4, -0.2) is 124 Å². The minimum absolute atomic E-state index is 0.0631. The fourth-order valence-electron chi connectivity index (χ4n) is 5.19. The lowest BCUT2D eigenvalue weighted by Gasteiger charge is -2.35. The number of aliphatic hydroxyl groups is 1. The van der Waals surface area contributed by atoms with Crippen LogP contribution in [0.5, 0.6) is 5.75 Å². The number of hydrogen-bond donors (Lipinski definition) is 3. The van der Waals surface area contributed by atoms with Crippen molar-refractivity contribution >= 4 is 40.7 Å². The predicted molar refractivity (Wildman–Crippen MR) is 157 cm³/mol. The summed E-state index contributed by atoms with van der Waals surface area (Å²) in [4.78, 5) is 72.2. The summed E-state index contributed by atoms with van der Waals surface area (Å²) < 4.78 is 10.9. The van der Waals surface area contributed by atoms with E-state index in [1.165, 1.54) is 15.9 Å². The van der Waals surface area contributed by atoms with Crippen molar-refractivity contribution in [3.05, 3.63) is 35.5 Å². The van der Waals surface area contributed by atoms with Crippen molar-refractivity contribution < 1.29 is 43.7 Å². The van der Waals surface area contributed by atoms with Gasteiger partial charge in [0, 0.05) is 57.1 Å². The number of amides is 4. The Kier molecular flexibility index (Phi) is 10.9. The number of hydrogen-bond acceptors (Lipinski definition) is 9. The summed E-state index contributed by atoms with van der Waals surface area (Å²) in [6.07, 6.45) is -0.399. The molecular weight excluding hydrogens is 574 g/mol. The molecule has 3 heterocycles. The summed E-state index contributed by atoms with van der Waals surface area (Å²) in [6, 6.07) is 5.65. The number of piperidine rings is 1. The number of nitrogens with zero attached hydrogens (tertiary/aromatic N) is 4. The Balaban J connectivity index is 1.50. The number of carboxylic acids is 1. The zero-order chi connectivity index (χ0) is 31.8. The monoisotopic (exact) mass is 613 g/mol. The maximum absolute atomic E-state index is 13.5. The van der Waals surface area contributed by atoms with Gasteiger partial charge in [-0.3, -0.25) is 19.2 Å². The van der Waals surface area contributed by atoms with Crippen LogP contribution in [0.1, 0.15) is 48.7 Å². The molecule has 3 N–H and O–H groups in total. The van der Waals surface area contributed by atoms with Crippen LogP contribution in [0.25, 0.3) is 10.9 Å². The number of benzene rings is 1. The second kappa shape index (κ2) is 14.8. The molecule has 0 bridgehead atoms. The third-order valence-electron chi connectivity index (χ3n) is 7.70. The molecule has 0 unspecified atom stereocenters. The van der Waals surface area contributed by atoms with Gasteiger partial charge in [0.1, 0.15) is 17.5 Å². The largest absolute Gasteiger partial charge is 0.483 e. The van der Waals surface area contributed by atoms with Crippen LogP contribution in [0.3, 0.4) is 0 Å². The predicted octanol–water partition coefficient (Wildman–Crippen LogP) is 1.17. The second-order valence-corrected chi connectivity index (χ2v) is 10.9. The third kappa shape index (κ3) is 8.34. The zero-order valence-corrected chi connectivity index (χ0v) is 25.0. The van der Waals surface area contributed by atoms with Crippen LogP contribution in [0.2, 0.25) is 0 Å². The normalized spacial score (nSPS) is 16.4. The number of fused-ring (bicyclic) bond motifs is 1. The Hall–Kier alpha value is -4.46. The van der Waals surface area contributed by atoms with Gasteiger partial charge in [-0.15, -0.1) is 0 Å². The summed E-state index contributed by atoms with van der Waals surface area (Å²) in [7, 11) is 0. The standard InChI is InChI=1S/C30H39N5O9/c1-3-43-30(42)35-14-12-34(13-15-35)29(41)22(6-7-27(38)39)32-28(40)24-17-25(21-5-4-19(2)16-23(21)31-24)44-18-26(37)33-10-8-20(36)9-11-33/h4-5,16-17,20,22,36H,3,6-15,18H2,1-2H3,(H,32,40)(H,38,39)/t22-/m0/s1. The van der Waals surface area contributed by atoms with Crippen LogP contribution in [0.4, 0.5) is 4.79 Å². The summed E-state index contributed by atoms with van der Waals surface area (Å²) >= 11 is 0. The molecule has 1 aromatic carbocycles. The third-order valence-corrected chi connectivity index (χ3v) is 7.70. The highest BCUT2D eigenvalue weighted by atomic mass is 16.6. The molecular formula is C30H39N5O9. The average Bonchev–Trinajstić information content (AvgIpc) is 3.01. The summed E-state index contributed by atoms with van der Waals surface area (Å²) in [5.41, 5.74) is 1.27. The number of likely N-dealkylation sites (tertiary alicyclic amines) is 1. The van der Waals surface area contributed by atoms with Gasteiger partial charge < -0.3 is 39.7 Å². The molecule has 0 aliphatic carbocycles. The van der Waals surface area contributed by atoms with Gasteiger partial charge in [0.25, 0.3) is 11.8 Å². The van der Waals surface area contributed by atoms with Crippen molar-refractivity contribution in [2.75, 3.05) is 52.5 Å². The number of piperazine rings is 1. The van der Waals surface area contributed by atoms with E-state index in [1.807, 2.05) is 13.0 Å². The second-order valence-electron chi connectivity index (χ2n) is 10.9. The highest BCUT2D eigenvalue weighted by Gasteiger charge is 2.31. The first-order chi connectivity index (χ1) is 21.0. The van der Waals surface area contributed by atoms with Crippen LogP contribution in [-0.2, 0) is 19.1 Å². The summed E-state index contributed by atoms with van der Waals surface area (Å²) in [5, 5.41) is 22.3. The lowest BCUT2D eigenvalue weighted by molar-refractivity contribution is -0.138. The number of pyridine rings is 1. The molecule has 2 aliphatic heterocycles. The van der Waals surface area contributed by atoms with E-state index in [1.54, 1.807) is 24.0 Å². The number of nitrogens with one attached hydrogen (secondary N) is 1. The van der Waals surface area contributed by atoms with Crippen molar-refractivity contribution in [1.29, 1.82) is 0 Å². The number of carboxylic acid groups (broad SMARTS) is 1. The van der Waals surface area contributed by atoms with Gasteiger partial charge in [0.15, 0.2) is 6.61 Å². The Morgan fingerprint density at radius 2 is 1.68 bits per heavy atom. The number of rotatable bonds is 10.